The first kappa shape index (κ1) is 15.2. The highest BCUT2D eigenvalue weighted by Gasteiger charge is 2.14. The molecule has 0 aliphatic heterocycles. The maximum Gasteiger partial charge on any atom is 0.437 e. The fourth-order valence-electron chi connectivity index (χ4n) is 1.93. The Bertz CT molecular complexity index is 870. The molecule has 2 aromatic heterocycles. The van der Waals surface area contributed by atoms with E-state index in [1.165, 1.54) is 17.4 Å². The lowest BCUT2D eigenvalue weighted by Crippen LogP contribution is -2.31. The maximum absolute atomic E-state index is 13.5. The largest absolute Gasteiger partial charge is 0.437 e. The van der Waals surface area contributed by atoms with Crippen molar-refractivity contribution >= 4 is 17.2 Å². The summed E-state index contributed by atoms with van der Waals surface area (Å²) in [7, 11) is 0. The van der Waals surface area contributed by atoms with E-state index in [0.29, 0.717) is 10.4 Å². The number of aromatic nitrogens is 2. The molecule has 3 rings (SSSR count). The number of benzene rings is 1. The summed E-state index contributed by atoms with van der Waals surface area (Å²) in [6, 6.07) is 9.71. The predicted octanol–water partition coefficient (Wildman–Crippen LogP) is 2.02. The van der Waals surface area contributed by atoms with Gasteiger partial charge in [-0.05, 0) is 17.5 Å². The van der Waals surface area contributed by atoms with Gasteiger partial charge < -0.3 is 9.73 Å². The van der Waals surface area contributed by atoms with Gasteiger partial charge in [-0.25, -0.2) is 9.18 Å². The van der Waals surface area contributed by atoms with E-state index in [0.717, 1.165) is 4.68 Å². The zero-order chi connectivity index (χ0) is 16.2. The van der Waals surface area contributed by atoms with Crippen molar-refractivity contribution in [3.63, 3.8) is 0 Å². The van der Waals surface area contributed by atoms with Crippen molar-refractivity contribution in [2.24, 2.45) is 0 Å². The van der Waals surface area contributed by atoms with E-state index in [1.807, 2.05) is 5.38 Å². The molecule has 0 spiro atoms. The molecule has 1 amide bonds. The van der Waals surface area contributed by atoms with Crippen LogP contribution in [0.4, 0.5) is 4.39 Å². The molecule has 8 heteroatoms. The van der Waals surface area contributed by atoms with Crippen molar-refractivity contribution in [1.29, 1.82) is 0 Å². The Labute approximate surface area is 134 Å². The number of hydrogen-bond acceptors (Lipinski definition) is 5. The molecule has 0 saturated heterocycles. The average molecular weight is 333 g/mol. The second-order valence-corrected chi connectivity index (χ2v) is 5.62. The number of nitrogens with zero attached hydrogens (tertiary/aromatic N) is 2. The monoisotopic (exact) mass is 333 g/mol. The SMILES string of the molecule is O=C(Cn1nc(-c2cccs2)oc1=O)NCc1ccccc1F. The zero-order valence-corrected chi connectivity index (χ0v) is 12.7. The van der Waals surface area contributed by atoms with Gasteiger partial charge in [-0.1, -0.05) is 24.3 Å². The van der Waals surface area contributed by atoms with Crippen LogP contribution in [0.2, 0.25) is 0 Å². The van der Waals surface area contributed by atoms with Crippen LogP contribution in [-0.4, -0.2) is 15.7 Å². The van der Waals surface area contributed by atoms with Crippen molar-refractivity contribution in [2.45, 2.75) is 13.1 Å². The summed E-state index contributed by atoms with van der Waals surface area (Å²) in [6.07, 6.45) is 0. The minimum atomic E-state index is -0.713. The van der Waals surface area contributed by atoms with Crippen molar-refractivity contribution in [2.75, 3.05) is 0 Å². The number of nitrogens with one attached hydrogen (secondary N) is 1. The molecule has 0 radical (unpaired) electrons. The van der Waals surface area contributed by atoms with E-state index in [4.69, 9.17) is 4.42 Å². The zero-order valence-electron chi connectivity index (χ0n) is 11.9. The first-order chi connectivity index (χ1) is 11.1. The van der Waals surface area contributed by atoms with Crippen LogP contribution in [0.3, 0.4) is 0 Å². The third-order valence-corrected chi connectivity index (χ3v) is 3.92. The number of rotatable bonds is 5. The summed E-state index contributed by atoms with van der Waals surface area (Å²) in [5.41, 5.74) is 0.368. The van der Waals surface area contributed by atoms with Crippen LogP contribution >= 0.6 is 11.3 Å². The Morgan fingerprint density at radius 1 is 1.30 bits per heavy atom. The fourth-order valence-corrected chi connectivity index (χ4v) is 2.58. The third kappa shape index (κ3) is 3.54. The first-order valence-corrected chi connectivity index (χ1v) is 7.63. The second kappa shape index (κ2) is 6.57. The van der Waals surface area contributed by atoms with Gasteiger partial charge in [0.25, 0.3) is 5.89 Å². The second-order valence-electron chi connectivity index (χ2n) is 4.68. The molecule has 0 unspecified atom stereocenters. The summed E-state index contributed by atoms with van der Waals surface area (Å²) >= 11 is 1.38. The van der Waals surface area contributed by atoms with Gasteiger partial charge >= 0.3 is 5.76 Å². The number of amides is 1. The van der Waals surface area contributed by atoms with Crippen LogP contribution in [-0.2, 0) is 17.9 Å². The van der Waals surface area contributed by atoms with Crippen molar-refractivity contribution in [3.8, 4) is 10.8 Å². The molecular weight excluding hydrogens is 321 g/mol. The molecule has 3 aromatic rings. The molecule has 0 atom stereocenters. The van der Waals surface area contributed by atoms with Gasteiger partial charge in [0.15, 0.2) is 0 Å². The summed E-state index contributed by atoms with van der Waals surface area (Å²) in [4.78, 5) is 24.3. The van der Waals surface area contributed by atoms with Gasteiger partial charge in [0.05, 0.1) is 4.88 Å². The third-order valence-electron chi connectivity index (χ3n) is 3.07. The molecule has 2 heterocycles. The highest BCUT2D eigenvalue weighted by atomic mass is 32.1. The lowest BCUT2D eigenvalue weighted by atomic mass is 10.2. The highest BCUT2D eigenvalue weighted by Crippen LogP contribution is 2.20. The smallest absolute Gasteiger partial charge is 0.387 e. The van der Waals surface area contributed by atoms with E-state index >= 15 is 0 Å². The van der Waals surface area contributed by atoms with Crippen LogP contribution < -0.4 is 11.1 Å². The van der Waals surface area contributed by atoms with Gasteiger partial charge in [0.2, 0.25) is 5.91 Å². The molecule has 0 saturated carbocycles. The number of carbonyl (C=O) groups is 1. The normalized spacial score (nSPS) is 10.7. The quantitative estimate of drug-likeness (QED) is 0.775. The Morgan fingerprint density at radius 3 is 2.87 bits per heavy atom. The molecule has 1 N–H and O–H groups in total. The number of halogens is 1. The minimum Gasteiger partial charge on any atom is -0.387 e. The molecular formula is C15H12FN3O3S. The first-order valence-electron chi connectivity index (χ1n) is 6.75. The predicted molar refractivity (Wildman–Crippen MR) is 82.3 cm³/mol. The van der Waals surface area contributed by atoms with E-state index in [2.05, 4.69) is 10.4 Å². The summed E-state index contributed by atoms with van der Waals surface area (Å²) < 4.78 is 19.4. The standard InChI is InChI=1S/C15H12FN3O3S/c16-11-5-2-1-4-10(11)8-17-13(20)9-19-15(21)22-14(18-19)12-6-3-7-23-12/h1-7H,8-9H2,(H,17,20). The highest BCUT2D eigenvalue weighted by molar-refractivity contribution is 7.13. The molecule has 1 aromatic carbocycles. The van der Waals surface area contributed by atoms with Crippen LogP contribution in [0.1, 0.15) is 5.56 Å². The molecule has 0 aliphatic rings. The van der Waals surface area contributed by atoms with Gasteiger partial charge in [-0.15, -0.1) is 16.4 Å². The maximum atomic E-state index is 13.5. The number of carbonyl (C=O) groups excluding carboxylic acids is 1. The Morgan fingerprint density at radius 2 is 2.13 bits per heavy atom. The number of hydrogen-bond donors (Lipinski definition) is 1. The van der Waals surface area contributed by atoms with Gasteiger partial charge in [-0.3, -0.25) is 4.79 Å². The van der Waals surface area contributed by atoms with Gasteiger partial charge in [-0.2, -0.15) is 4.68 Å². The van der Waals surface area contributed by atoms with Crippen molar-refractivity contribution in [1.82, 2.24) is 15.1 Å². The van der Waals surface area contributed by atoms with Crippen molar-refractivity contribution in [3.05, 3.63) is 63.7 Å². The van der Waals surface area contributed by atoms with Crippen LogP contribution in [0.25, 0.3) is 10.8 Å². The molecule has 118 valence electrons. The van der Waals surface area contributed by atoms with Gasteiger partial charge in [0, 0.05) is 12.1 Å². The van der Waals surface area contributed by atoms with E-state index in [9.17, 15) is 14.0 Å². The summed E-state index contributed by atoms with van der Waals surface area (Å²) in [5.74, 6) is -1.39. The van der Waals surface area contributed by atoms with Crippen molar-refractivity contribution < 1.29 is 13.6 Å². The Balaban J connectivity index is 1.64. The number of thiophene rings is 1. The molecule has 6 nitrogen and oxygen atoms in total. The molecule has 0 bridgehead atoms. The summed E-state index contributed by atoms with van der Waals surface area (Å²) in [6.45, 7) is -0.252. The fraction of sp³-hybridized carbons (Fsp3) is 0.133. The Kier molecular flexibility index (Phi) is 4.33. The van der Waals surface area contributed by atoms with E-state index in [-0.39, 0.29) is 19.0 Å². The lowest BCUT2D eigenvalue weighted by Gasteiger charge is -2.05. The molecule has 0 aliphatic carbocycles. The average Bonchev–Trinajstić information content (AvgIpc) is 3.17. The molecule has 23 heavy (non-hydrogen) atoms. The summed E-state index contributed by atoms with van der Waals surface area (Å²) in [5, 5.41) is 8.35. The minimum absolute atomic E-state index is 0.0376. The van der Waals surface area contributed by atoms with Crippen LogP contribution in [0, 0.1) is 5.82 Å². The Hall–Kier alpha value is -2.74. The lowest BCUT2D eigenvalue weighted by molar-refractivity contribution is -0.122. The van der Waals surface area contributed by atoms with E-state index < -0.39 is 17.5 Å². The van der Waals surface area contributed by atoms with Crippen LogP contribution in [0.15, 0.2) is 51.0 Å². The van der Waals surface area contributed by atoms with Gasteiger partial charge in [0.1, 0.15) is 12.4 Å². The van der Waals surface area contributed by atoms with E-state index in [1.54, 1.807) is 30.3 Å². The molecule has 0 fully saturated rings. The van der Waals surface area contributed by atoms with Crippen LogP contribution in [0.5, 0.6) is 0 Å². The topological polar surface area (TPSA) is 77.1 Å².